The molecular formula is C18H12N4S2. The Morgan fingerprint density at radius 2 is 2.08 bits per heavy atom. The molecule has 0 atom stereocenters. The van der Waals surface area contributed by atoms with Gasteiger partial charge in [-0.25, -0.2) is 4.98 Å². The molecule has 0 saturated carbocycles. The van der Waals surface area contributed by atoms with Crippen LogP contribution in [0.2, 0.25) is 0 Å². The number of nitrogens with zero attached hydrogens (tertiary/aromatic N) is 3. The van der Waals surface area contributed by atoms with Gasteiger partial charge in [0.1, 0.15) is 27.7 Å². The Balaban J connectivity index is 1.67. The summed E-state index contributed by atoms with van der Waals surface area (Å²) >= 11 is 3.12. The van der Waals surface area contributed by atoms with Gasteiger partial charge in [0, 0.05) is 11.1 Å². The van der Waals surface area contributed by atoms with Crippen molar-refractivity contribution < 1.29 is 0 Å². The van der Waals surface area contributed by atoms with Gasteiger partial charge in [-0.15, -0.1) is 22.7 Å². The van der Waals surface area contributed by atoms with Crippen molar-refractivity contribution in [3.63, 3.8) is 0 Å². The largest absolute Gasteiger partial charge is 0.351 e. The highest BCUT2D eigenvalue weighted by atomic mass is 32.1. The van der Waals surface area contributed by atoms with Crippen molar-refractivity contribution in [1.82, 2.24) is 4.98 Å². The van der Waals surface area contributed by atoms with Crippen LogP contribution in [0.5, 0.6) is 0 Å². The van der Waals surface area contributed by atoms with Crippen LogP contribution in [0.3, 0.4) is 0 Å². The first-order chi connectivity index (χ1) is 11.8. The number of hydrogen-bond acceptors (Lipinski definition) is 6. The van der Waals surface area contributed by atoms with E-state index in [0.29, 0.717) is 10.6 Å². The number of nitrogens with one attached hydrogen (secondary N) is 1. The maximum atomic E-state index is 9.47. The highest BCUT2D eigenvalue weighted by molar-refractivity contribution is 7.19. The molecule has 0 aliphatic heterocycles. The van der Waals surface area contributed by atoms with Crippen molar-refractivity contribution in [3.05, 3.63) is 51.5 Å². The number of aromatic nitrogens is 1. The Morgan fingerprint density at radius 1 is 1.21 bits per heavy atom. The van der Waals surface area contributed by atoms with Gasteiger partial charge in [-0.1, -0.05) is 12.1 Å². The summed E-state index contributed by atoms with van der Waals surface area (Å²) in [5.74, 6) is 0. The Hall–Kier alpha value is -2.67. The summed E-state index contributed by atoms with van der Waals surface area (Å²) in [7, 11) is 0. The first-order valence-corrected chi connectivity index (χ1v) is 9.21. The number of aryl methyl sites for hydroxylation is 1. The second kappa shape index (κ2) is 6.09. The molecule has 1 aliphatic rings. The molecule has 116 valence electrons. The van der Waals surface area contributed by atoms with Crippen molar-refractivity contribution in [2.75, 3.05) is 5.32 Å². The van der Waals surface area contributed by atoms with Crippen molar-refractivity contribution >= 4 is 43.5 Å². The van der Waals surface area contributed by atoms with E-state index in [1.165, 1.54) is 21.8 Å². The Kier molecular flexibility index (Phi) is 3.78. The lowest BCUT2D eigenvalue weighted by molar-refractivity contribution is 0.913. The summed E-state index contributed by atoms with van der Waals surface area (Å²) in [6.07, 6.45) is 4.81. The smallest absolute Gasteiger partial charge is 0.136 e. The number of thiophene rings is 1. The van der Waals surface area contributed by atoms with E-state index >= 15 is 0 Å². The molecule has 1 aromatic carbocycles. The van der Waals surface area contributed by atoms with Crippen LogP contribution in [0.15, 0.2) is 30.5 Å². The normalized spacial score (nSPS) is 13.5. The predicted molar refractivity (Wildman–Crippen MR) is 97.9 cm³/mol. The summed E-state index contributed by atoms with van der Waals surface area (Å²) in [6, 6.07) is 12.3. The molecule has 0 unspecified atom stereocenters. The van der Waals surface area contributed by atoms with E-state index in [1.807, 2.05) is 24.3 Å². The molecule has 0 spiro atoms. The number of para-hydroxylation sites is 1. The third kappa shape index (κ3) is 2.46. The Morgan fingerprint density at radius 3 is 2.88 bits per heavy atom. The first kappa shape index (κ1) is 14.9. The molecule has 0 radical (unpaired) electrons. The highest BCUT2D eigenvalue weighted by Gasteiger charge is 2.21. The molecule has 4 rings (SSSR count). The standard InChI is InChI=1S/C18H12N4S2/c19-8-11(17-22-14-5-1-2-6-16(14)24-17)10-21-18-13(9-20)12-4-3-7-15(12)23-18/h1-2,5-6,10,21H,3-4,7H2/b11-10+. The van der Waals surface area contributed by atoms with Crippen molar-refractivity contribution in [1.29, 1.82) is 10.5 Å². The average molecular weight is 348 g/mol. The monoisotopic (exact) mass is 348 g/mol. The van der Waals surface area contributed by atoms with Crippen LogP contribution in [0.4, 0.5) is 5.00 Å². The van der Waals surface area contributed by atoms with Crippen LogP contribution in [0.1, 0.15) is 27.4 Å². The van der Waals surface area contributed by atoms with E-state index < -0.39 is 0 Å². The molecule has 2 heterocycles. The zero-order chi connectivity index (χ0) is 16.5. The molecule has 1 N–H and O–H groups in total. The van der Waals surface area contributed by atoms with E-state index in [2.05, 4.69) is 22.4 Å². The Bertz CT molecular complexity index is 1010. The number of hydrogen-bond donors (Lipinski definition) is 1. The first-order valence-electron chi connectivity index (χ1n) is 7.57. The zero-order valence-electron chi connectivity index (χ0n) is 12.7. The minimum atomic E-state index is 0.480. The third-order valence-electron chi connectivity index (χ3n) is 4.03. The van der Waals surface area contributed by atoms with Crippen LogP contribution in [0.25, 0.3) is 15.8 Å². The maximum absolute atomic E-state index is 9.47. The number of fused-ring (bicyclic) bond motifs is 2. The molecule has 0 fully saturated rings. The molecule has 3 aromatic rings. The lowest BCUT2D eigenvalue weighted by Gasteiger charge is -1.99. The Labute approximate surface area is 147 Å². The van der Waals surface area contributed by atoms with Crippen molar-refractivity contribution in [2.45, 2.75) is 19.3 Å². The van der Waals surface area contributed by atoms with Crippen LogP contribution >= 0.6 is 22.7 Å². The van der Waals surface area contributed by atoms with E-state index in [4.69, 9.17) is 0 Å². The number of nitriles is 2. The maximum Gasteiger partial charge on any atom is 0.136 e. The molecule has 1 aliphatic carbocycles. The summed E-state index contributed by atoms with van der Waals surface area (Å²) in [6.45, 7) is 0. The molecule has 2 aromatic heterocycles. The van der Waals surface area contributed by atoms with Crippen LogP contribution < -0.4 is 5.32 Å². The summed E-state index contributed by atoms with van der Waals surface area (Å²) in [5, 5.41) is 23.6. The minimum absolute atomic E-state index is 0.480. The molecule has 6 heteroatoms. The van der Waals surface area contributed by atoms with Gasteiger partial charge in [0.25, 0.3) is 0 Å². The van der Waals surface area contributed by atoms with Gasteiger partial charge < -0.3 is 5.32 Å². The molecule has 0 saturated heterocycles. The number of thiazole rings is 1. The van der Waals surface area contributed by atoms with Gasteiger partial charge in [-0.05, 0) is 37.0 Å². The molecular weight excluding hydrogens is 336 g/mol. The van der Waals surface area contributed by atoms with Crippen LogP contribution in [-0.4, -0.2) is 4.98 Å². The summed E-state index contributed by atoms with van der Waals surface area (Å²) in [5.41, 5.74) is 3.28. The van der Waals surface area contributed by atoms with Gasteiger partial charge in [0.2, 0.25) is 0 Å². The number of rotatable bonds is 3. The lowest BCUT2D eigenvalue weighted by atomic mass is 10.1. The zero-order valence-corrected chi connectivity index (χ0v) is 14.3. The van der Waals surface area contributed by atoms with Gasteiger partial charge in [0.05, 0.1) is 15.8 Å². The van der Waals surface area contributed by atoms with Crippen LogP contribution in [0, 0.1) is 22.7 Å². The fraction of sp³-hybridized carbons (Fsp3) is 0.167. The lowest BCUT2D eigenvalue weighted by Crippen LogP contribution is -1.92. The van der Waals surface area contributed by atoms with E-state index in [1.54, 1.807) is 17.5 Å². The highest BCUT2D eigenvalue weighted by Crippen LogP contribution is 2.38. The summed E-state index contributed by atoms with van der Waals surface area (Å²) < 4.78 is 1.06. The van der Waals surface area contributed by atoms with E-state index in [0.717, 1.165) is 40.0 Å². The minimum Gasteiger partial charge on any atom is -0.351 e. The second-order valence-electron chi connectivity index (χ2n) is 5.47. The molecule has 24 heavy (non-hydrogen) atoms. The molecule has 0 bridgehead atoms. The number of anilines is 1. The van der Waals surface area contributed by atoms with E-state index in [-0.39, 0.29) is 0 Å². The predicted octanol–water partition coefficient (Wildman–Crippen LogP) is 4.69. The van der Waals surface area contributed by atoms with Gasteiger partial charge in [0.15, 0.2) is 0 Å². The fourth-order valence-corrected chi connectivity index (χ4v) is 5.03. The number of allylic oxidation sites excluding steroid dienone is 1. The van der Waals surface area contributed by atoms with Crippen molar-refractivity contribution in [2.24, 2.45) is 0 Å². The quantitative estimate of drug-likeness (QED) is 0.697. The fourth-order valence-electron chi connectivity index (χ4n) is 2.89. The molecule has 4 nitrogen and oxygen atoms in total. The average Bonchev–Trinajstić information content (AvgIpc) is 3.28. The topological polar surface area (TPSA) is 72.5 Å². The van der Waals surface area contributed by atoms with Gasteiger partial charge in [-0.2, -0.15) is 10.5 Å². The second-order valence-corrected chi connectivity index (χ2v) is 7.61. The third-order valence-corrected chi connectivity index (χ3v) is 6.32. The van der Waals surface area contributed by atoms with Crippen LogP contribution in [-0.2, 0) is 12.8 Å². The van der Waals surface area contributed by atoms with Gasteiger partial charge >= 0.3 is 0 Å². The molecule has 0 amide bonds. The summed E-state index contributed by atoms with van der Waals surface area (Å²) in [4.78, 5) is 5.81. The van der Waals surface area contributed by atoms with Gasteiger partial charge in [-0.3, -0.25) is 0 Å². The van der Waals surface area contributed by atoms with E-state index in [9.17, 15) is 10.5 Å². The van der Waals surface area contributed by atoms with Crippen molar-refractivity contribution in [3.8, 4) is 12.1 Å². The SMILES string of the molecule is N#C/C(=C\Nc1sc2c(c1C#N)CCC2)c1nc2ccccc2s1. The number of benzene rings is 1.